The SMILES string of the molecule is CCCCOC(=O)C1(C(C)(C)CC(C)C)OO1. The molecule has 0 atom stereocenters. The fraction of sp³-hybridized carbons (Fsp3) is 0.923. The zero-order valence-electron chi connectivity index (χ0n) is 11.5. The van der Waals surface area contributed by atoms with Gasteiger partial charge >= 0.3 is 11.8 Å². The number of hydrogen-bond donors (Lipinski definition) is 0. The van der Waals surface area contributed by atoms with Gasteiger partial charge in [0, 0.05) is 5.41 Å². The van der Waals surface area contributed by atoms with Crippen molar-refractivity contribution < 1.29 is 19.3 Å². The molecule has 0 aromatic heterocycles. The first-order valence-corrected chi connectivity index (χ1v) is 6.40. The summed E-state index contributed by atoms with van der Waals surface area (Å²) in [7, 11) is 0. The third-order valence-corrected chi connectivity index (χ3v) is 3.06. The number of esters is 1. The summed E-state index contributed by atoms with van der Waals surface area (Å²) in [5.41, 5.74) is -0.371. The summed E-state index contributed by atoms with van der Waals surface area (Å²) < 4.78 is 5.19. The Balaban J connectivity index is 2.58. The van der Waals surface area contributed by atoms with Crippen molar-refractivity contribution in [3.05, 3.63) is 0 Å². The molecule has 0 aliphatic carbocycles. The monoisotopic (exact) mass is 244 g/mol. The Hall–Kier alpha value is -0.610. The maximum absolute atomic E-state index is 12.0. The molecular formula is C13H24O4. The predicted octanol–water partition coefficient (Wildman–Crippen LogP) is 3.06. The van der Waals surface area contributed by atoms with E-state index in [1.165, 1.54) is 0 Å². The fourth-order valence-electron chi connectivity index (χ4n) is 2.17. The Morgan fingerprint density at radius 3 is 2.35 bits per heavy atom. The van der Waals surface area contributed by atoms with Crippen molar-refractivity contribution in [2.24, 2.45) is 11.3 Å². The number of hydrogen-bond acceptors (Lipinski definition) is 4. The Morgan fingerprint density at radius 1 is 1.35 bits per heavy atom. The summed E-state index contributed by atoms with van der Waals surface area (Å²) in [4.78, 5) is 21.9. The molecule has 0 radical (unpaired) electrons. The fourth-order valence-corrected chi connectivity index (χ4v) is 2.17. The number of carbonyl (C=O) groups excluding carboxylic acids is 1. The number of unbranched alkanes of at least 4 members (excludes halogenated alkanes) is 1. The van der Waals surface area contributed by atoms with E-state index >= 15 is 0 Å². The topological polar surface area (TPSA) is 51.4 Å². The molecule has 1 saturated heterocycles. The van der Waals surface area contributed by atoms with Gasteiger partial charge in [-0.3, -0.25) is 0 Å². The highest BCUT2D eigenvalue weighted by atomic mass is 17.4. The van der Waals surface area contributed by atoms with E-state index in [0.29, 0.717) is 12.5 Å². The first kappa shape index (κ1) is 14.5. The lowest BCUT2D eigenvalue weighted by molar-refractivity contribution is -0.157. The van der Waals surface area contributed by atoms with E-state index in [1.54, 1.807) is 0 Å². The molecule has 4 nitrogen and oxygen atoms in total. The largest absolute Gasteiger partial charge is 0.462 e. The molecule has 1 aliphatic heterocycles. The summed E-state index contributed by atoms with van der Waals surface area (Å²) in [5.74, 6) is -1.10. The summed E-state index contributed by atoms with van der Waals surface area (Å²) in [6.45, 7) is 10.7. The van der Waals surface area contributed by atoms with Gasteiger partial charge in [-0.05, 0) is 18.8 Å². The van der Waals surface area contributed by atoms with Crippen LogP contribution in [0.2, 0.25) is 0 Å². The smallest absolute Gasteiger partial charge is 0.373 e. The molecule has 0 N–H and O–H groups in total. The second-order valence-corrected chi connectivity index (χ2v) is 5.75. The van der Waals surface area contributed by atoms with Gasteiger partial charge in [0.1, 0.15) is 0 Å². The molecule has 0 amide bonds. The van der Waals surface area contributed by atoms with Crippen LogP contribution in [0.1, 0.15) is 53.9 Å². The minimum Gasteiger partial charge on any atom is -0.462 e. The van der Waals surface area contributed by atoms with Crippen molar-refractivity contribution in [3.63, 3.8) is 0 Å². The average Bonchev–Trinajstić information content (AvgIpc) is 2.96. The van der Waals surface area contributed by atoms with Crippen LogP contribution in [-0.2, 0) is 19.3 Å². The van der Waals surface area contributed by atoms with E-state index in [9.17, 15) is 4.79 Å². The first-order valence-electron chi connectivity index (χ1n) is 6.40. The van der Waals surface area contributed by atoms with Crippen molar-refractivity contribution >= 4 is 5.97 Å². The molecule has 100 valence electrons. The Bertz CT molecular complexity index is 267. The highest BCUT2D eigenvalue weighted by Gasteiger charge is 2.68. The molecule has 0 aromatic carbocycles. The van der Waals surface area contributed by atoms with Crippen LogP contribution in [0.4, 0.5) is 0 Å². The Morgan fingerprint density at radius 2 is 1.94 bits per heavy atom. The molecule has 0 aromatic rings. The zero-order valence-corrected chi connectivity index (χ0v) is 11.5. The molecule has 4 heteroatoms. The van der Waals surface area contributed by atoms with Crippen LogP contribution >= 0.6 is 0 Å². The first-order chi connectivity index (χ1) is 7.85. The van der Waals surface area contributed by atoms with Crippen molar-refractivity contribution in [2.45, 2.75) is 59.7 Å². The maximum Gasteiger partial charge on any atom is 0.373 e. The Kier molecular flexibility index (Phi) is 4.55. The van der Waals surface area contributed by atoms with Gasteiger partial charge in [0.2, 0.25) is 0 Å². The van der Waals surface area contributed by atoms with Crippen LogP contribution in [0.15, 0.2) is 0 Å². The summed E-state index contributed by atoms with van der Waals surface area (Å²) in [6, 6.07) is 0. The summed E-state index contributed by atoms with van der Waals surface area (Å²) in [6.07, 6.45) is 2.71. The highest BCUT2D eigenvalue weighted by Crippen LogP contribution is 2.50. The Labute approximate surface area is 104 Å². The molecule has 0 unspecified atom stereocenters. The van der Waals surface area contributed by atoms with Crippen molar-refractivity contribution in [1.82, 2.24) is 0 Å². The molecule has 1 rings (SSSR count). The normalized spacial score (nSPS) is 18.2. The molecule has 17 heavy (non-hydrogen) atoms. The number of carbonyl (C=O) groups is 1. The lowest BCUT2D eigenvalue weighted by Crippen LogP contribution is -2.42. The summed E-state index contributed by atoms with van der Waals surface area (Å²) in [5, 5.41) is 0. The average molecular weight is 244 g/mol. The number of rotatable bonds is 7. The minimum absolute atomic E-state index is 0.371. The van der Waals surface area contributed by atoms with Crippen LogP contribution in [0.25, 0.3) is 0 Å². The van der Waals surface area contributed by atoms with E-state index in [2.05, 4.69) is 20.8 Å². The molecule has 1 fully saturated rings. The van der Waals surface area contributed by atoms with Crippen molar-refractivity contribution in [1.29, 1.82) is 0 Å². The lowest BCUT2D eigenvalue weighted by atomic mass is 9.77. The quantitative estimate of drug-likeness (QED) is 0.299. The lowest BCUT2D eigenvalue weighted by Gasteiger charge is -2.28. The van der Waals surface area contributed by atoms with Crippen LogP contribution in [0, 0.1) is 11.3 Å². The van der Waals surface area contributed by atoms with Gasteiger partial charge in [-0.1, -0.05) is 41.0 Å². The molecule has 1 heterocycles. The van der Waals surface area contributed by atoms with Crippen LogP contribution in [0.5, 0.6) is 0 Å². The van der Waals surface area contributed by atoms with Crippen LogP contribution < -0.4 is 0 Å². The maximum atomic E-state index is 12.0. The molecule has 0 saturated carbocycles. The van der Waals surface area contributed by atoms with Gasteiger partial charge < -0.3 is 4.74 Å². The zero-order chi connectivity index (χ0) is 13.1. The third kappa shape index (κ3) is 3.19. The molecule has 0 spiro atoms. The van der Waals surface area contributed by atoms with Crippen molar-refractivity contribution in [2.75, 3.05) is 6.61 Å². The van der Waals surface area contributed by atoms with Crippen LogP contribution in [-0.4, -0.2) is 18.4 Å². The van der Waals surface area contributed by atoms with Gasteiger partial charge in [0.25, 0.3) is 0 Å². The standard InChI is InChI=1S/C13H24O4/c1-6-7-8-15-11(14)13(16-17-13)12(4,5)9-10(2)3/h10H,6-9H2,1-5H3. The van der Waals surface area contributed by atoms with Crippen LogP contribution in [0.3, 0.4) is 0 Å². The van der Waals surface area contributed by atoms with E-state index in [-0.39, 0.29) is 5.41 Å². The second kappa shape index (κ2) is 5.36. The third-order valence-electron chi connectivity index (χ3n) is 3.06. The van der Waals surface area contributed by atoms with Gasteiger partial charge in [-0.25, -0.2) is 4.79 Å². The predicted molar refractivity (Wildman–Crippen MR) is 64.0 cm³/mol. The molecule has 1 aliphatic rings. The van der Waals surface area contributed by atoms with Gasteiger partial charge in [0.05, 0.1) is 6.61 Å². The molecule has 0 bridgehead atoms. The van der Waals surface area contributed by atoms with Gasteiger partial charge in [-0.15, -0.1) is 0 Å². The molecular weight excluding hydrogens is 220 g/mol. The summed E-state index contributed by atoms with van der Waals surface area (Å²) >= 11 is 0. The second-order valence-electron chi connectivity index (χ2n) is 5.75. The van der Waals surface area contributed by atoms with E-state index in [4.69, 9.17) is 14.5 Å². The van der Waals surface area contributed by atoms with E-state index in [0.717, 1.165) is 19.3 Å². The highest BCUT2D eigenvalue weighted by molar-refractivity contribution is 5.80. The van der Waals surface area contributed by atoms with Gasteiger partial charge in [-0.2, -0.15) is 9.78 Å². The van der Waals surface area contributed by atoms with E-state index < -0.39 is 11.8 Å². The number of ether oxygens (including phenoxy) is 1. The van der Waals surface area contributed by atoms with Crippen molar-refractivity contribution in [3.8, 4) is 0 Å². The van der Waals surface area contributed by atoms with E-state index in [1.807, 2.05) is 13.8 Å². The minimum atomic E-state index is -1.18. The van der Waals surface area contributed by atoms with Gasteiger partial charge in [0.15, 0.2) is 0 Å².